The molecular weight excluding hydrogens is 180 g/mol. The smallest absolute Gasteiger partial charge is 0.213 e. The van der Waals surface area contributed by atoms with Gasteiger partial charge in [0, 0.05) is 19.2 Å². The highest BCUT2D eigenvalue weighted by Crippen LogP contribution is 2.10. The van der Waals surface area contributed by atoms with Crippen LogP contribution in [-0.4, -0.2) is 31.9 Å². The second-order valence-electron chi connectivity index (χ2n) is 2.71. The number of nitrogens with one attached hydrogen (secondary N) is 1. The number of anilines is 1. The Labute approximate surface area is 84.3 Å². The minimum absolute atomic E-state index is 0.625. The molecule has 1 aromatic rings. The first kappa shape index (κ1) is 10.8. The van der Waals surface area contributed by atoms with E-state index >= 15 is 0 Å². The molecule has 0 aliphatic rings. The molecule has 4 heteroatoms. The van der Waals surface area contributed by atoms with E-state index in [1.807, 2.05) is 19.1 Å². The number of rotatable bonds is 6. The van der Waals surface area contributed by atoms with E-state index in [1.54, 1.807) is 13.3 Å². The predicted octanol–water partition coefficient (Wildman–Crippen LogP) is 1.54. The molecule has 4 nitrogen and oxygen atoms in total. The van der Waals surface area contributed by atoms with Crippen molar-refractivity contribution in [3.05, 3.63) is 18.3 Å². The van der Waals surface area contributed by atoms with Crippen LogP contribution in [-0.2, 0) is 4.74 Å². The van der Waals surface area contributed by atoms with Crippen LogP contribution >= 0.6 is 0 Å². The van der Waals surface area contributed by atoms with Crippen molar-refractivity contribution in [2.45, 2.75) is 6.92 Å². The molecule has 0 unspecified atom stereocenters. The van der Waals surface area contributed by atoms with Gasteiger partial charge in [-0.2, -0.15) is 0 Å². The summed E-state index contributed by atoms with van der Waals surface area (Å²) in [4.78, 5) is 4.07. The van der Waals surface area contributed by atoms with Crippen LogP contribution in [0.2, 0.25) is 0 Å². The van der Waals surface area contributed by atoms with E-state index in [4.69, 9.17) is 9.47 Å². The summed E-state index contributed by atoms with van der Waals surface area (Å²) < 4.78 is 10.1. The third-order valence-corrected chi connectivity index (χ3v) is 1.73. The van der Waals surface area contributed by atoms with E-state index in [0.29, 0.717) is 12.5 Å². The van der Waals surface area contributed by atoms with Crippen molar-refractivity contribution in [3.63, 3.8) is 0 Å². The predicted molar refractivity (Wildman–Crippen MR) is 55.8 cm³/mol. The molecule has 0 fully saturated rings. The van der Waals surface area contributed by atoms with Gasteiger partial charge in [-0.3, -0.25) is 0 Å². The number of hydrogen-bond acceptors (Lipinski definition) is 4. The monoisotopic (exact) mass is 196 g/mol. The standard InChI is InChI=1S/C10H16N2O2/c1-3-14-7-6-11-9-4-5-10(13-2)12-8-9/h4-5,8,11H,3,6-7H2,1-2H3. The fourth-order valence-corrected chi connectivity index (χ4v) is 1.02. The summed E-state index contributed by atoms with van der Waals surface area (Å²) >= 11 is 0. The molecule has 1 N–H and O–H groups in total. The maximum absolute atomic E-state index is 5.19. The Morgan fingerprint density at radius 2 is 2.29 bits per heavy atom. The van der Waals surface area contributed by atoms with Crippen molar-refractivity contribution in [2.24, 2.45) is 0 Å². The topological polar surface area (TPSA) is 43.4 Å². The number of aromatic nitrogens is 1. The van der Waals surface area contributed by atoms with Crippen molar-refractivity contribution >= 4 is 5.69 Å². The Morgan fingerprint density at radius 1 is 1.43 bits per heavy atom. The van der Waals surface area contributed by atoms with E-state index in [2.05, 4.69) is 10.3 Å². The fraction of sp³-hybridized carbons (Fsp3) is 0.500. The van der Waals surface area contributed by atoms with Crippen LogP contribution < -0.4 is 10.1 Å². The summed E-state index contributed by atoms with van der Waals surface area (Å²) in [6.45, 7) is 4.24. The number of hydrogen-bond donors (Lipinski definition) is 1. The second-order valence-corrected chi connectivity index (χ2v) is 2.71. The largest absolute Gasteiger partial charge is 0.481 e. The van der Waals surface area contributed by atoms with Crippen LogP contribution in [0.3, 0.4) is 0 Å². The van der Waals surface area contributed by atoms with Crippen molar-refractivity contribution in [3.8, 4) is 5.88 Å². The lowest BCUT2D eigenvalue weighted by Gasteiger charge is -2.06. The number of pyridine rings is 1. The van der Waals surface area contributed by atoms with E-state index in [1.165, 1.54) is 0 Å². The SMILES string of the molecule is CCOCCNc1ccc(OC)nc1. The molecule has 1 rings (SSSR count). The van der Waals surface area contributed by atoms with Gasteiger partial charge in [0.2, 0.25) is 5.88 Å². The molecular formula is C10H16N2O2. The highest BCUT2D eigenvalue weighted by atomic mass is 16.5. The van der Waals surface area contributed by atoms with Crippen LogP contribution in [0, 0.1) is 0 Å². The molecule has 0 spiro atoms. The first-order valence-electron chi connectivity index (χ1n) is 4.68. The third kappa shape index (κ3) is 3.62. The molecule has 1 heterocycles. The summed E-state index contributed by atoms with van der Waals surface area (Å²) in [7, 11) is 1.60. The summed E-state index contributed by atoms with van der Waals surface area (Å²) in [5.74, 6) is 0.625. The van der Waals surface area contributed by atoms with E-state index < -0.39 is 0 Å². The fourth-order valence-electron chi connectivity index (χ4n) is 1.02. The van der Waals surface area contributed by atoms with Gasteiger partial charge < -0.3 is 14.8 Å². The van der Waals surface area contributed by atoms with Crippen LogP contribution in [0.4, 0.5) is 5.69 Å². The Hall–Kier alpha value is -1.29. The summed E-state index contributed by atoms with van der Waals surface area (Å²) in [6.07, 6.45) is 1.74. The lowest BCUT2D eigenvalue weighted by atomic mass is 10.4. The molecule has 0 bridgehead atoms. The van der Waals surface area contributed by atoms with Crippen molar-refractivity contribution in [1.29, 1.82) is 0 Å². The normalized spacial score (nSPS) is 9.86. The first-order chi connectivity index (χ1) is 6.86. The third-order valence-electron chi connectivity index (χ3n) is 1.73. The first-order valence-corrected chi connectivity index (χ1v) is 4.68. The van der Waals surface area contributed by atoms with Gasteiger partial charge >= 0.3 is 0 Å². The lowest BCUT2D eigenvalue weighted by molar-refractivity contribution is 0.158. The molecule has 0 saturated carbocycles. The van der Waals surface area contributed by atoms with Gasteiger partial charge in [0.05, 0.1) is 25.6 Å². The summed E-state index contributed by atoms with van der Waals surface area (Å²) in [5, 5.41) is 3.19. The van der Waals surface area contributed by atoms with E-state index in [-0.39, 0.29) is 0 Å². The van der Waals surface area contributed by atoms with Crippen molar-refractivity contribution < 1.29 is 9.47 Å². The van der Waals surface area contributed by atoms with Gasteiger partial charge in [-0.15, -0.1) is 0 Å². The number of ether oxygens (including phenoxy) is 2. The molecule has 0 aromatic carbocycles. The minimum Gasteiger partial charge on any atom is -0.481 e. The molecule has 0 aliphatic carbocycles. The number of methoxy groups -OCH3 is 1. The Balaban J connectivity index is 2.29. The zero-order chi connectivity index (χ0) is 10.2. The molecule has 0 aliphatic heterocycles. The quantitative estimate of drug-likeness (QED) is 0.701. The average Bonchev–Trinajstić information content (AvgIpc) is 2.25. The average molecular weight is 196 g/mol. The van der Waals surface area contributed by atoms with Gasteiger partial charge in [0.25, 0.3) is 0 Å². The van der Waals surface area contributed by atoms with Crippen LogP contribution in [0.15, 0.2) is 18.3 Å². The maximum atomic E-state index is 5.19. The molecule has 0 saturated heterocycles. The summed E-state index contributed by atoms with van der Waals surface area (Å²) in [5.41, 5.74) is 0.977. The highest BCUT2D eigenvalue weighted by Gasteiger charge is 1.93. The van der Waals surface area contributed by atoms with E-state index in [9.17, 15) is 0 Å². The lowest BCUT2D eigenvalue weighted by Crippen LogP contribution is -2.09. The second kappa shape index (κ2) is 6.21. The van der Waals surface area contributed by atoms with Gasteiger partial charge in [-0.05, 0) is 13.0 Å². The molecule has 0 amide bonds. The van der Waals surface area contributed by atoms with Gasteiger partial charge in [0.15, 0.2) is 0 Å². The summed E-state index contributed by atoms with van der Waals surface area (Å²) in [6, 6.07) is 3.75. The Bertz CT molecular complexity index is 249. The van der Waals surface area contributed by atoms with Crippen LogP contribution in [0.1, 0.15) is 6.92 Å². The minimum atomic E-state index is 0.625. The Morgan fingerprint density at radius 3 is 2.86 bits per heavy atom. The van der Waals surface area contributed by atoms with Gasteiger partial charge in [0.1, 0.15) is 0 Å². The zero-order valence-electron chi connectivity index (χ0n) is 8.62. The molecule has 14 heavy (non-hydrogen) atoms. The molecule has 0 radical (unpaired) electrons. The maximum Gasteiger partial charge on any atom is 0.213 e. The molecule has 78 valence electrons. The van der Waals surface area contributed by atoms with Crippen LogP contribution in [0.25, 0.3) is 0 Å². The zero-order valence-corrected chi connectivity index (χ0v) is 8.62. The van der Waals surface area contributed by atoms with E-state index in [0.717, 1.165) is 18.8 Å². The van der Waals surface area contributed by atoms with Crippen molar-refractivity contribution in [2.75, 3.05) is 32.2 Å². The number of nitrogens with zero attached hydrogens (tertiary/aromatic N) is 1. The molecule has 1 aromatic heterocycles. The van der Waals surface area contributed by atoms with Gasteiger partial charge in [-0.25, -0.2) is 4.98 Å². The van der Waals surface area contributed by atoms with Crippen LogP contribution in [0.5, 0.6) is 5.88 Å². The van der Waals surface area contributed by atoms with Crippen molar-refractivity contribution in [1.82, 2.24) is 4.98 Å². The Kier molecular flexibility index (Phi) is 4.78. The van der Waals surface area contributed by atoms with Gasteiger partial charge in [-0.1, -0.05) is 0 Å². The molecule has 0 atom stereocenters. The highest BCUT2D eigenvalue weighted by molar-refractivity contribution is 5.41.